The molecule has 4 atom stereocenters. The molecule has 4 aliphatic carbocycles. The van der Waals surface area contributed by atoms with Crippen LogP contribution in [-0.4, -0.2) is 22.2 Å². The number of rotatable bonds is 4. The topological polar surface area (TPSA) is 105 Å². The first-order valence-corrected chi connectivity index (χ1v) is 10.3. The van der Waals surface area contributed by atoms with E-state index in [1.807, 2.05) is 0 Å². The molecular formula is C20H24BrN3O4. The lowest BCUT2D eigenvalue weighted by Gasteiger charge is -2.64. The molecule has 150 valence electrons. The molecule has 7 nitrogen and oxygen atoms in total. The van der Waals surface area contributed by atoms with Crippen molar-refractivity contribution in [2.45, 2.75) is 52.4 Å². The second-order valence-electron chi connectivity index (χ2n) is 9.73. The van der Waals surface area contributed by atoms with Gasteiger partial charge in [0.1, 0.15) is 5.75 Å². The van der Waals surface area contributed by atoms with Crippen molar-refractivity contribution in [3.63, 3.8) is 0 Å². The predicted octanol–water partition coefficient (Wildman–Crippen LogP) is 4.51. The van der Waals surface area contributed by atoms with E-state index in [9.17, 15) is 20.0 Å². The fourth-order valence-electron chi connectivity index (χ4n) is 6.79. The molecule has 28 heavy (non-hydrogen) atoms. The summed E-state index contributed by atoms with van der Waals surface area (Å²) in [6, 6.07) is 2.45. The molecule has 4 aliphatic rings. The number of carbonyl (C=O) groups is 1. The third-order valence-corrected chi connectivity index (χ3v) is 7.37. The van der Waals surface area contributed by atoms with E-state index < -0.39 is 4.92 Å². The average Bonchev–Trinajstić information content (AvgIpc) is 2.54. The zero-order chi connectivity index (χ0) is 20.3. The van der Waals surface area contributed by atoms with Crippen LogP contribution in [0.25, 0.3) is 0 Å². The molecule has 2 unspecified atom stereocenters. The van der Waals surface area contributed by atoms with Gasteiger partial charge >= 0.3 is 0 Å². The largest absolute Gasteiger partial charge is 0.506 e. The lowest BCUT2D eigenvalue weighted by atomic mass is 9.40. The van der Waals surface area contributed by atoms with Crippen LogP contribution in [0.5, 0.6) is 5.75 Å². The molecular weight excluding hydrogens is 426 g/mol. The van der Waals surface area contributed by atoms with Gasteiger partial charge in [0.25, 0.3) is 5.69 Å². The Kier molecular flexibility index (Phi) is 4.34. The Morgan fingerprint density at radius 1 is 1.29 bits per heavy atom. The van der Waals surface area contributed by atoms with Gasteiger partial charge in [-0.05, 0) is 71.2 Å². The van der Waals surface area contributed by atoms with Crippen molar-refractivity contribution in [1.82, 2.24) is 5.43 Å². The van der Waals surface area contributed by atoms with Crippen LogP contribution in [0.2, 0.25) is 0 Å². The number of benzene rings is 1. The molecule has 4 bridgehead atoms. The van der Waals surface area contributed by atoms with Crippen LogP contribution in [0.1, 0.15) is 57.9 Å². The second kappa shape index (κ2) is 6.27. The summed E-state index contributed by atoms with van der Waals surface area (Å²) in [7, 11) is 0. The van der Waals surface area contributed by atoms with Crippen LogP contribution in [0.15, 0.2) is 21.7 Å². The van der Waals surface area contributed by atoms with Crippen LogP contribution in [0.4, 0.5) is 5.69 Å². The molecule has 0 radical (unpaired) electrons. The van der Waals surface area contributed by atoms with Crippen LogP contribution in [0.3, 0.4) is 0 Å². The molecule has 0 aromatic heterocycles. The van der Waals surface area contributed by atoms with E-state index in [0.29, 0.717) is 5.92 Å². The summed E-state index contributed by atoms with van der Waals surface area (Å²) in [5, 5.41) is 25.1. The first-order chi connectivity index (χ1) is 13.0. The van der Waals surface area contributed by atoms with Gasteiger partial charge in [-0.15, -0.1) is 0 Å². The number of aromatic hydroxyl groups is 1. The van der Waals surface area contributed by atoms with Gasteiger partial charge in [0.2, 0.25) is 5.91 Å². The minimum atomic E-state index is -0.545. The molecule has 1 aromatic rings. The number of hydrogen-bond donors (Lipinski definition) is 2. The summed E-state index contributed by atoms with van der Waals surface area (Å²) in [4.78, 5) is 23.6. The van der Waals surface area contributed by atoms with Crippen molar-refractivity contribution in [3.8, 4) is 5.75 Å². The molecule has 5 rings (SSSR count). The highest BCUT2D eigenvalue weighted by molar-refractivity contribution is 9.10. The molecule has 1 aromatic carbocycles. The van der Waals surface area contributed by atoms with E-state index >= 15 is 0 Å². The summed E-state index contributed by atoms with van der Waals surface area (Å²) in [5.74, 6) is 0.366. The third-order valence-electron chi connectivity index (χ3n) is 6.77. The summed E-state index contributed by atoms with van der Waals surface area (Å²) < 4.78 is 0.205. The van der Waals surface area contributed by atoms with Gasteiger partial charge < -0.3 is 5.11 Å². The SMILES string of the molecule is C[C@]12CC3CC(C(=O)N/N=C\c4cc([N+](=O)[O-])cc(Br)c4O)(C1)C[C@@](C)(C3)C2. The summed E-state index contributed by atoms with van der Waals surface area (Å²) in [6.45, 7) is 4.61. The first kappa shape index (κ1) is 19.4. The van der Waals surface area contributed by atoms with E-state index in [1.165, 1.54) is 37.6 Å². The maximum Gasteiger partial charge on any atom is 0.271 e. The van der Waals surface area contributed by atoms with Crippen molar-refractivity contribution >= 4 is 33.7 Å². The monoisotopic (exact) mass is 449 g/mol. The number of halogens is 1. The number of nitrogens with zero attached hydrogens (tertiary/aromatic N) is 2. The minimum absolute atomic E-state index is 0.0747. The Bertz CT molecular complexity index is 882. The molecule has 1 amide bonds. The standard InChI is InChI=1S/C20H24BrN3O4/c1-18-5-12-6-19(2,9-18)11-20(7-12,10-18)17(26)23-22-8-13-3-14(24(27)28)4-15(21)16(13)25/h3-4,8,12,25H,5-7,9-11H2,1-2H3,(H,23,26)/b22-8-/t12?,18-,19+,20?. The van der Waals surface area contributed by atoms with Gasteiger partial charge in [-0.1, -0.05) is 13.8 Å². The van der Waals surface area contributed by atoms with Crippen molar-refractivity contribution in [3.05, 3.63) is 32.3 Å². The van der Waals surface area contributed by atoms with E-state index in [0.717, 1.165) is 19.3 Å². The number of nitro groups is 1. The van der Waals surface area contributed by atoms with Gasteiger partial charge in [0, 0.05) is 17.7 Å². The van der Waals surface area contributed by atoms with Crippen molar-refractivity contribution in [2.24, 2.45) is 27.3 Å². The minimum Gasteiger partial charge on any atom is -0.506 e. The van der Waals surface area contributed by atoms with Crippen LogP contribution >= 0.6 is 15.9 Å². The molecule has 4 fully saturated rings. The fraction of sp³-hybridized carbons (Fsp3) is 0.600. The van der Waals surface area contributed by atoms with Crippen molar-refractivity contribution < 1.29 is 14.8 Å². The number of phenolic OH excluding ortho intramolecular Hbond substituents is 1. The third kappa shape index (κ3) is 3.21. The van der Waals surface area contributed by atoms with E-state index in [-0.39, 0.29) is 43.6 Å². The highest BCUT2D eigenvalue weighted by Crippen LogP contribution is 2.69. The second-order valence-corrected chi connectivity index (χ2v) is 10.6. The van der Waals surface area contributed by atoms with Gasteiger partial charge in [-0.25, -0.2) is 5.43 Å². The summed E-state index contributed by atoms with van der Waals surface area (Å²) >= 11 is 3.10. The number of hydrazone groups is 1. The Hall–Kier alpha value is -1.96. The lowest BCUT2D eigenvalue weighted by Crippen LogP contribution is -2.59. The molecule has 0 spiro atoms. The molecule has 0 aliphatic heterocycles. The molecule has 8 heteroatoms. The van der Waals surface area contributed by atoms with Gasteiger partial charge in [0.05, 0.1) is 21.0 Å². The average molecular weight is 450 g/mol. The number of nitro benzene ring substituents is 1. The van der Waals surface area contributed by atoms with Crippen molar-refractivity contribution in [2.75, 3.05) is 0 Å². The molecule has 2 N–H and O–H groups in total. The highest BCUT2D eigenvalue weighted by atomic mass is 79.9. The smallest absolute Gasteiger partial charge is 0.271 e. The van der Waals surface area contributed by atoms with Gasteiger partial charge in [0.15, 0.2) is 0 Å². The van der Waals surface area contributed by atoms with Gasteiger partial charge in [-0.3, -0.25) is 14.9 Å². The van der Waals surface area contributed by atoms with Crippen LogP contribution in [-0.2, 0) is 4.79 Å². The Balaban J connectivity index is 1.53. The molecule has 0 saturated heterocycles. The fourth-order valence-corrected chi connectivity index (χ4v) is 7.25. The van der Waals surface area contributed by atoms with E-state index in [2.05, 4.69) is 40.3 Å². The summed E-state index contributed by atoms with van der Waals surface area (Å²) in [6.07, 6.45) is 7.54. The maximum atomic E-state index is 13.1. The van der Waals surface area contributed by atoms with Crippen LogP contribution in [0, 0.1) is 32.3 Å². The first-order valence-electron chi connectivity index (χ1n) is 9.54. The molecule has 0 heterocycles. The van der Waals surface area contributed by atoms with Gasteiger partial charge in [-0.2, -0.15) is 5.10 Å². The van der Waals surface area contributed by atoms with E-state index in [4.69, 9.17) is 0 Å². The zero-order valence-electron chi connectivity index (χ0n) is 16.0. The summed E-state index contributed by atoms with van der Waals surface area (Å²) in [5.41, 5.74) is 2.71. The Labute approximate surface area is 171 Å². The highest BCUT2D eigenvalue weighted by Gasteiger charge is 2.62. The number of amides is 1. The number of hydrogen-bond acceptors (Lipinski definition) is 5. The Morgan fingerprint density at radius 3 is 2.50 bits per heavy atom. The zero-order valence-corrected chi connectivity index (χ0v) is 17.6. The molecule has 4 saturated carbocycles. The Morgan fingerprint density at radius 2 is 1.93 bits per heavy atom. The normalized spacial score (nSPS) is 36.0. The maximum absolute atomic E-state index is 13.1. The lowest BCUT2D eigenvalue weighted by molar-refractivity contribution is -0.385. The quantitative estimate of drug-likeness (QED) is 0.400. The number of carbonyl (C=O) groups excluding carboxylic acids is 1. The van der Waals surface area contributed by atoms with Crippen molar-refractivity contribution in [1.29, 1.82) is 0 Å². The number of non-ortho nitro benzene ring substituents is 1. The number of phenols is 1. The predicted molar refractivity (Wildman–Crippen MR) is 108 cm³/mol. The number of nitrogens with one attached hydrogen (secondary N) is 1. The van der Waals surface area contributed by atoms with Crippen LogP contribution < -0.4 is 5.43 Å². The van der Waals surface area contributed by atoms with E-state index in [1.54, 1.807) is 0 Å².